The van der Waals surface area contributed by atoms with Crippen molar-refractivity contribution in [1.82, 2.24) is 19.7 Å². The lowest BCUT2D eigenvalue weighted by Gasteiger charge is -2.31. The largest absolute Gasteiger partial charge is 0.393 e. The maximum absolute atomic E-state index is 9.50. The number of hydrogen-bond acceptors (Lipinski definition) is 5. The van der Waals surface area contributed by atoms with Gasteiger partial charge in [0.25, 0.3) is 0 Å². The number of rotatable bonds is 5. The van der Waals surface area contributed by atoms with E-state index in [2.05, 4.69) is 44.6 Å². The second-order valence-electron chi connectivity index (χ2n) is 6.52. The number of hydrogen-bond donors (Lipinski definition) is 2. The lowest BCUT2D eigenvalue weighted by Crippen LogP contribution is -2.27. The summed E-state index contributed by atoms with van der Waals surface area (Å²) < 4.78 is 1.84. The number of aliphatic hydroxyl groups is 1. The standard InChI is InChI=1S/C19H21N5O/c1-13-22-18(15-9-17(25)10-15)11-19(23-13)20-12-14-3-5-16(6-4-14)24-8-2-7-21-24/h2-8,11,15,17,25H,9-10,12H2,1H3,(H,20,22,23). The SMILES string of the molecule is Cc1nc(NCc2ccc(-n3cccn3)cc2)cc(C2CC(O)C2)n1. The second-order valence-corrected chi connectivity index (χ2v) is 6.52. The predicted octanol–water partition coefficient (Wildman–Crippen LogP) is 2.82. The summed E-state index contributed by atoms with van der Waals surface area (Å²) >= 11 is 0. The first-order chi connectivity index (χ1) is 12.2. The van der Waals surface area contributed by atoms with Crippen LogP contribution in [0.2, 0.25) is 0 Å². The molecule has 0 unspecified atom stereocenters. The molecule has 0 atom stereocenters. The molecule has 2 aromatic heterocycles. The van der Waals surface area contributed by atoms with Crippen LogP contribution in [0.4, 0.5) is 5.82 Å². The first kappa shape index (κ1) is 15.8. The van der Waals surface area contributed by atoms with E-state index >= 15 is 0 Å². The van der Waals surface area contributed by atoms with Crippen molar-refractivity contribution in [3.63, 3.8) is 0 Å². The molecule has 6 heteroatoms. The van der Waals surface area contributed by atoms with Gasteiger partial charge >= 0.3 is 0 Å². The Hall–Kier alpha value is -2.73. The molecule has 1 saturated carbocycles. The fourth-order valence-corrected chi connectivity index (χ4v) is 3.10. The van der Waals surface area contributed by atoms with Crippen LogP contribution in [0.25, 0.3) is 5.69 Å². The molecule has 25 heavy (non-hydrogen) atoms. The van der Waals surface area contributed by atoms with Gasteiger partial charge in [-0.3, -0.25) is 0 Å². The summed E-state index contributed by atoms with van der Waals surface area (Å²) in [7, 11) is 0. The Balaban J connectivity index is 1.42. The highest BCUT2D eigenvalue weighted by Gasteiger charge is 2.30. The summed E-state index contributed by atoms with van der Waals surface area (Å²) in [6, 6.07) is 12.2. The van der Waals surface area contributed by atoms with Gasteiger partial charge in [-0.05, 0) is 43.5 Å². The molecule has 1 fully saturated rings. The van der Waals surface area contributed by atoms with E-state index in [4.69, 9.17) is 0 Å². The van der Waals surface area contributed by atoms with Crippen LogP contribution < -0.4 is 5.32 Å². The van der Waals surface area contributed by atoms with Crippen LogP contribution in [0, 0.1) is 6.92 Å². The van der Waals surface area contributed by atoms with Gasteiger partial charge in [0, 0.05) is 36.6 Å². The summed E-state index contributed by atoms with van der Waals surface area (Å²) in [4.78, 5) is 8.98. The maximum atomic E-state index is 9.50. The summed E-state index contributed by atoms with van der Waals surface area (Å²) in [5.74, 6) is 1.95. The Bertz CT molecular complexity index is 839. The Morgan fingerprint density at radius 2 is 2.00 bits per heavy atom. The predicted molar refractivity (Wildman–Crippen MR) is 95.6 cm³/mol. The number of nitrogens with zero attached hydrogens (tertiary/aromatic N) is 4. The fraction of sp³-hybridized carbons (Fsp3) is 0.316. The quantitative estimate of drug-likeness (QED) is 0.750. The van der Waals surface area contributed by atoms with Gasteiger partial charge < -0.3 is 10.4 Å². The van der Waals surface area contributed by atoms with Gasteiger partial charge in [-0.25, -0.2) is 14.6 Å². The fourth-order valence-electron chi connectivity index (χ4n) is 3.10. The van der Waals surface area contributed by atoms with Crippen molar-refractivity contribution in [2.45, 2.75) is 38.3 Å². The number of aliphatic hydroxyl groups excluding tert-OH is 1. The Morgan fingerprint density at radius 1 is 1.20 bits per heavy atom. The molecule has 4 rings (SSSR count). The second kappa shape index (κ2) is 6.64. The molecule has 3 aromatic rings. The molecular weight excluding hydrogens is 314 g/mol. The van der Waals surface area contributed by atoms with E-state index < -0.39 is 0 Å². The minimum Gasteiger partial charge on any atom is -0.393 e. The van der Waals surface area contributed by atoms with E-state index in [1.165, 1.54) is 5.56 Å². The molecule has 1 aromatic carbocycles. The molecule has 0 saturated heterocycles. The van der Waals surface area contributed by atoms with Crippen LogP contribution in [-0.4, -0.2) is 31.0 Å². The van der Waals surface area contributed by atoms with Gasteiger partial charge in [-0.1, -0.05) is 12.1 Å². The highest BCUT2D eigenvalue weighted by Crippen LogP contribution is 2.36. The van der Waals surface area contributed by atoms with Crippen molar-refractivity contribution in [3.8, 4) is 5.69 Å². The van der Waals surface area contributed by atoms with Crippen molar-refractivity contribution < 1.29 is 5.11 Å². The van der Waals surface area contributed by atoms with E-state index in [0.717, 1.165) is 35.9 Å². The zero-order valence-corrected chi connectivity index (χ0v) is 14.1. The van der Waals surface area contributed by atoms with Crippen molar-refractivity contribution in [2.75, 3.05) is 5.32 Å². The van der Waals surface area contributed by atoms with Gasteiger partial charge in [-0.15, -0.1) is 0 Å². The molecule has 1 aliphatic rings. The number of benzene rings is 1. The van der Waals surface area contributed by atoms with Crippen LogP contribution in [0.5, 0.6) is 0 Å². The smallest absolute Gasteiger partial charge is 0.130 e. The third-order valence-corrected chi connectivity index (χ3v) is 4.57. The van der Waals surface area contributed by atoms with E-state index in [9.17, 15) is 5.11 Å². The lowest BCUT2D eigenvalue weighted by atomic mass is 9.80. The van der Waals surface area contributed by atoms with E-state index in [0.29, 0.717) is 12.5 Å². The summed E-state index contributed by atoms with van der Waals surface area (Å²) in [6.07, 6.45) is 5.11. The number of aryl methyl sites for hydroxylation is 1. The van der Waals surface area contributed by atoms with Crippen LogP contribution in [0.1, 0.15) is 35.8 Å². The van der Waals surface area contributed by atoms with Crippen molar-refractivity contribution in [2.24, 2.45) is 0 Å². The number of anilines is 1. The Labute approximate surface area is 146 Å². The molecule has 0 aliphatic heterocycles. The zero-order chi connectivity index (χ0) is 17.2. The van der Waals surface area contributed by atoms with Gasteiger partial charge in [0.15, 0.2) is 0 Å². The third kappa shape index (κ3) is 3.53. The molecular formula is C19H21N5O. The number of aromatic nitrogens is 4. The average molecular weight is 335 g/mol. The van der Waals surface area contributed by atoms with Crippen LogP contribution in [0.15, 0.2) is 48.8 Å². The van der Waals surface area contributed by atoms with Crippen molar-refractivity contribution >= 4 is 5.82 Å². The number of nitrogens with one attached hydrogen (secondary N) is 1. The first-order valence-electron chi connectivity index (χ1n) is 8.54. The molecule has 128 valence electrons. The molecule has 2 N–H and O–H groups in total. The van der Waals surface area contributed by atoms with Crippen molar-refractivity contribution in [3.05, 3.63) is 65.9 Å². The maximum Gasteiger partial charge on any atom is 0.130 e. The van der Waals surface area contributed by atoms with Crippen LogP contribution in [0.3, 0.4) is 0 Å². The molecule has 2 heterocycles. The lowest BCUT2D eigenvalue weighted by molar-refractivity contribution is 0.0731. The molecule has 1 aliphatic carbocycles. The summed E-state index contributed by atoms with van der Waals surface area (Å²) in [5.41, 5.74) is 3.24. The monoisotopic (exact) mass is 335 g/mol. The molecule has 0 spiro atoms. The highest BCUT2D eigenvalue weighted by atomic mass is 16.3. The Kier molecular flexibility index (Phi) is 4.19. The van der Waals surface area contributed by atoms with E-state index in [1.54, 1.807) is 6.20 Å². The summed E-state index contributed by atoms with van der Waals surface area (Å²) in [6.45, 7) is 2.60. The zero-order valence-electron chi connectivity index (χ0n) is 14.1. The first-order valence-corrected chi connectivity index (χ1v) is 8.54. The van der Waals surface area contributed by atoms with Crippen molar-refractivity contribution in [1.29, 1.82) is 0 Å². The van der Waals surface area contributed by atoms with Gasteiger partial charge in [0.2, 0.25) is 0 Å². The van der Waals surface area contributed by atoms with Gasteiger partial charge in [0.05, 0.1) is 11.8 Å². The van der Waals surface area contributed by atoms with E-state index in [1.807, 2.05) is 29.9 Å². The average Bonchev–Trinajstić information content (AvgIpc) is 3.12. The normalized spacial score (nSPS) is 19.4. The summed E-state index contributed by atoms with van der Waals surface area (Å²) in [5, 5.41) is 17.1. The van der Waals surface area contributed by atoms with Gasteiger partial charge in [-0.2, -0.15) is 5.10 Å². The molecule has 0 bridgehead atoms. The third-order valence-electron chi connectivity index (χ3n) is 4.57. The van der Waals surface area contributed by atoms with E-state index in [-0.39, 0.29) is 6.10 Å². The molecule has 0 radical (unpaired) electrons. The highest BCUT2D eigenvalue weighted by molar-refractivity contribution is 5.40. The molecule has 0 amide bonds. The molecule has 6 nitrogen and oxygen atoms in total. The van der Waals surface area contributed by atoms with Crippen LogP contribution in [-0.2, 0) is 6.54 Å². The minimum atomic E-state index is -0.176. The van der Waals surface area contributed by atoms with Gasteiger partial charge in [0.1, 0.15) is 11.6 Å². The van der Waals surface area contributed by atoms with Crippen LogP contribution >= 0.6 is 0 Å². The minimum absolute atomic E-state index is 0.176. The topological polar surface area (TPSA) is 75.9 Å². The Morgan fingerprint density at radius 3 is 2.68 bits per heavy atom.